The number of amides is 2. The van der Waals surface area contributed by atoms with Crippen molar-refractivity contribution in [1.29, 1.82) is 0 Å². The third-order valence-electron chi connectivity index (χ3n) is 4.03. The molecule has 1 heterocycles. The minimum absolute atomic E-state index is 0.153. The Balaban J connectivity index is 1.68. The zero-order valence-corrected chi connectivity index (χ0v) is 15.1. The topological polar surface area (TPSA) is 61.4 Å². The summed E-state index contributed by atoms with van der Waals surface area (Å²) in [7, 11) is 0. The van der Waals surface area contributed by atoms with Gasteiger partial charge in [0.1, 0.15) is 5.60 Å². The highest BCUT2D eigenvalue weighted by Crippen LogP contribution is 2.35. The predicted molar refractivity (Wildman–Crippen MR) is 99.9 cm³/mol. The number of carbonyl (C=O) groups is 1. The molecule has 0 saturated heterocycles. The van der Waals surface area contributed by atoms with E-state index in [1.54, 1.807) is 6.92 Å². The largest absolute Gasteiger partial charge is 0.418 e. The number of carbonyl (C=O) groups excluding carboxylic acids is 1. The quantitative estimate of drug-likeness (QED) is 0.586. The number of para-hydroxylation sites is 1. The summed E-state index contributed by atoms with van der Waals surface area (Å²) in [6.45, 7) is 1.39. The van der Waals surface area contributed by atoms with Crippen molar-refractivity contribution >= 4 is 33.1 Å². The lowest BCUT2D eigenvalue weighted by Gasteiger charge is -2.22. The van der Waals surface area contributed by atoms with E-state index in [2.05, 4.69) is 10.6 Å². The fraction of sp³-hybridized carbons (Fsp3) is 0.211. The van der Waals surface area contributed by atoms with Gasteiger partial charge in [-0.3, -0.25) is 0 Å². The van der Waals surface area contributed by atoms with E-state index in [-0.39, 0.29) is 12.2 Å². The summed E-state index contributed by atoms with van der Waals surface area (Å²) in [5.74, 6) is 0. The molecule has 0 spiro atoms. The van der Waals surface area contributed by atoms with Crippen LogP contribution in [0.4, 0.5) is 23.7 Å². The number of hydrogen-bond acceptors (Lipinski definition) is 3. The molecule has 0 aliphatic heterocycles. The van der Waals surface area contributed by atoms with Crippen molar-refractivity contribution in [3.63, 3.8) is 0 Å². The van der Waals surface area contributed by atoms with Crippen molar-refractivity contribution < 1.29 is 23.1 Å². The van der Waals surface area contributed by atoms with Gasteiger partial charge in [0.05, 0.1) is 17.8 Å². The fourth-order valence-corrected chi connectivity index (χ4v) is 3.70. The Kier molecular flexibility index (Phi) is 5.12. The molecule has 1 atom stereocenters. The summed E-state index contributed by atoms with van der Waals surface area (Å²) in [6.07, 6.45) is -4.58. The Morgan fingerprint density at radius 3 is 2.48 bits per heavy atom. The molecule has 2 aromatic carbocycles. The van der Waals surface area contributed by atoms with Crippen LogP contribution in [0.1, 0.15) is 17.4 Å². The van der Waals surface area contributed by atoms with Gasteiger partial charge in [0, 0.05) is 9.58 Å². The Hall–Kier alpha value is -2.58. The monoisotopic (exact) mass is 394 g/mol. The number of fused-ring (bicyclic) bond motifs is 1. The first-order valence-corrected chi connectivity index (χ1v) is 8.91. The maximum atomic E-state index is 13.0. The van der Waals surface area contributed by atoms with Crippen molar-refractivity contribution in [2.75, 3.05) is 11.9 Å². The van der Waals surface area contributed by atoms with E-state index >= 15 is 0 Å². The third-order valence-corrected chi connectivity index (χ3v) is 5.40. The molecular formula is C19H17F3N2O2S. The number of benzene rings is 2. The minimum atomic E-state index is -4.58. The first-order valence-electron chi connectivity index (χ1n) is 8.09. The molecule has 3 aromatic rings. The van der Waals surface area contributed by atoms with E-state index in [1.807, 2.05) is 30.3 Å². The van der Waals surface area contributed by atoms with Crippen LogP contribution in [0, 0.1) is 0 Å². The van der Waals surface area contributed by atoms with Crippen molar-refractivity contribution in [2.24, 2.45) is 0 Å². The number of nitrogens with one attached hydrogen (secondary N) is 2. The van der Waals surface area contributed by atoms with Crippen molar-refractivity contribution in [2.45, 2.75) is 18.7 Å². The molecule has 2 amide bonds. The Labute approximate surface area is 157 Å². The van der Waals surface area contributed by atoms with Gasteiger partial charge in [0.25, 0.3) is 0 Å². The second-order valence-corrected chi connectivity index (χ2v) is 7.36. The molecule has 4 nitrogen and oxygen atoms in total. The highest BCUT2D eigenvalue weighted by Gasteiger charge is 2.33. The third kappa shape index (κ3) is 4.40. The SMILES string of the molecule is CC(O)(CNC(=O)Nc1ccccc1C(F)(F)F)c1cc2ccccc2s1. The van der Waals surface area contributed by atoms with E-state index in [1.165, 1.54) is 29.5 Å². The summed E-state index contributed by atoms with van der Waals surface area (Å²) in [5.41, 5.74) is -2.63. The maximum Gasteiger partial charge on any atom is 0.418 e. The molecule has 0 radical (unpaired) electrons. The van der Waals surface area contributed by atoms with Gasteiger partial charge in [0.2, 0.25) is 0 Å². The standard InChI is InChI=1S/C19H17F3N2O2S/c1-18(26,16-10-12-6-2-5-9-15(12)27-16)11-23-17(25)24-14-8-4-3-7-13(14)19(20,21)22/h2-10,26H,11H2,1H3,(H2,23,24,25). The molecule has 1 aromatic heterocycles. The summed E-state index contributed by atoms with van der Waals surface area (Å²) in [6, 6.07) is 13.3. The van der Waals surface area contributed by atoms with Gasteiger partial charge >= 0.3 is 12.2 Å². The first-order chi connectivity index (χ1) is 12.7. The molecule has 0 aliphatic rings. The summed E-state index contributed by atoms with van der Waals surface area (Å²) < 4.78 is 40.0. The molecule has 0 fully saturated rings. The van der Waals surface area contributed by atoms with Crippen LogP contribution < -0.4 is 10.6 Å². The molecule has 1 unspecified atom stereocenters. The predicted octanol–water partition coefficient (Wildman–Crippen LogP) is 4.95. The molecule has 142 valence electrons. The van der Waals surface area contributed by atoms with Crippen LogP contribution in [0.5, 0.6) is 0 Å². The summed E-state index contributed by atoms with van der Waals surface area (Å²) >= 11 is 1.40. The lowest BCUT2D eigenvalue weighted by atomic mass is 10.0. The average molecular weight is 394 g/mol. The van der Waals surface area contributed by atoms with Crippen molar-refractivity contribution in [1.82, 2.24) is 5.32 Å². The van der Waals surface area contributed by atoms with Crippen LogP contribution >= 0.6 is 11.3 Å². The smallest absolute Gasteiger partial charge is 0.383 e. The number of thiophene rings is 1. The van der Waals surface area contributed by atoms with Gasteiger partial charge in [-0.1, -0.05) is 30.3 Å². The summed E-state index contributed by atoms with van der Waals surface area (Å²) in [5, 5.41) is 16.3. The van der Waals surface area contributed by atoms with Crippen LogP contribution in [-0.4, -0.2) is 17.7 Å². The normalized spacial score (nSPS) is 14.0. The molecule has 0 bridgehead atoms. The Morgan fingerprint density at radius 1 is 1.11 bits per heavy atom. The van der Waals surface area contributed by atoms with Gasteiger partial charge in [-0.15, -0.1) is 11.3 Å². The van der Waals surface area contributed by atoms with Crippen LogP contribution in [0.25, 0.3) is 10.1 Å². The van der Waals surface area contributed by atoms with Gasteiger partial charge in [-0.05, 0) is 36.6 Å². The molecule has 0 saturated carbocycles. The molecule has 27 heavy (non-hydrogen) atoms. The first kappa shape index (κ1) is 19.2. The van der Waals surface area contributed by atoms with Gasteiger partial charge in [-0.25, -0.2) is 4.79 Å². The number of alkyl halides is 3. The van der Waals surface area contributed by atoms with E-state index in [0.29, 0.717) is 4.88 Å². The number of rotatable bonds is 4. The Morgan fingerprint density at radius 2 is 1.78 bits per heavy atom. The van der Waals surface area contributed by atoms with E-state index in [4.69, 9.17) is 0 Å². The number of anilines is 1. The number of aliphatic hydroxyl groups is 1. The molecule has 3 rings (SSSR count). The minimum Gasteiger partial charge on any atom is -0.383 e. The van der Waals surface area contributed by atoms with Gasteiger partial charge < -0.3 is 15.7 Å². The fourth-order valence-electron chi connectivity index (χ4n) is 2.59. The molecule has 8 heteroatoms. The zero-order chi connectivity index (χ0) is 19.7. The average Bonchev–Trinajstić information content (AvgIpc) is 3.05. The van der Waals surface area contributed by atoms with E-state index in [0.717, 1.165) is 16.2 Å². The highest BCUT2D eigenvalue weighted by atomic mass is 32.1. The lowest BCUT2D eigenvalue weighted by molar-refractivity contribution is -0.136. The van der Waals surface area contributed by atoms with Crippen molar-refractivity contribution in [3.05, 3.63) is 65.0 Å². The highest BCUT2D eigenvalue weighted by molar-refractivity contribution is 7.19. The van der Waals surface area contributed by atoms with Gasteiger partial charge in [0.15, 0.2) is 0 Å². The molecule has 0 aliphatic carbocycles. The van der Waals surface area contributed by atoms with Gasteiger partial charge in [-0.2, -0.15) is 13.2 Å². The van der Waals surface area contributed by atoms with Crippen LogP contribution in [0.3, 0.4) is 0 Å². The van der Waals surface area contributed by atoms with Crippen molar-refractivity contribution in [3.8, 4) is 0 Å². The molecular weight excluding hydrogens is 377 g/mol. The van der Waals surface area contributed by atoms with E-state index < -0.39 is 23.4 Å². The maximum absolute atomic E-state index is 13.0. The Bertz CT molecular complexity index is 934. The van der Waals surface area contributed by atoms with Crippen LogP contribution in [-0.2, 0) is 11.8 Å². The van der Waals surface area contributed by atoms with E-state index in [9.17, 15) is 23.1 Å². The lowest BCUT2D eigenvalue weighted by Crippen LogP contribution is -2.40. The number of urea groups is 1. The zero-order valence-electron chi connectivity index (χ0n) is 14.3. The number of hydrogen-bond donors (Lipinski definition) is 3. The summed E-state index contributed by atoms with van der Waals surface area (Å²) in [4.78, 5) is 12.7. The molecule has 3 N–H and O–H groups in total. The second-order valence-electron chi connectivity index (χ2n) is 6.27. The number of halogens is 3. The second kappa shape index (κ2) is 7.21. The van der Waals surface area contributed by atoms with Crippen LogP contribution in [0.2, 0.25) is 0 Å². The van der Waals surface area contributed by atoms with Crippen LogP contribution in [0.15, 0.2) is 54.6 Å².